The summed E-state index contributed by atoms with van der Waals surface area (Å²) in [7, 11) is -3.29. The summed E-state index contributed by atoms with van der Waals surface area (Å²) in [6, 6.07) is 10.6. The van der Waals surface area contributed by atoms with Crippen LogP contribution in [-0.2, 0) is 9.84 Å². The molecule has 5 rings (SSSR count). The number of amides is 1. The van der Waals surface area contributed by atoms with Gasteiger partial charge in [-0.05, 0) is 43.2 Å². The molecular formula is C26H25NO7S. The maximum Gasteiger partial charge on any atom is 0.291 e. The summed E-state index contributed by atoms with van der Waals surface area (Å²) < 4.78 is 42.0. The molecule has 2 unspecified atom stereocenters. The molecule has 1 fully saturated rings. The minimum Gasteiger partial charge on any atom is -0.490 e. The van der Waals surface area contributed by atoms with Crippen LogP contribution in [0.5, 0.6) is 11.5 Å². The van der Waals surface area contributed by atoms with E-state index in [1.165, 1.54) is 4.90 Å². The Morgan fingerprint density at radius 1 is 1.14 bits per heavy atom. The summed E-state index contributed by atoms with van der Waals surface area (Å²) in [6.07, 6.45) is 1.92. The fourth-order valence-electron chi connectivity index (χ4n) is 4.87. The normalized spacial score (nSPS) is 20.7. The molecule has 8 nitrogen and oxygen atoms in total. The smallest absolute Gasteiger partial charge is 0.291 e. The Labute approximate surface area is 202 Å². The molecule has 0 radical (unpaired) electrons. The van der Waals surface area contributed by atoms with Crippen LogP contribution in [0.3, 0.4) is 0 Å². The first-order chi connectivity index (χ1) is 16.8. The van der Waals surface area contributed by atoms with Crippen LogP contribution in [0.15, 0.2) is 64.3 Å². The molecular weight excluding hydrogens is 470 g/mol. The number of hydrogen-bond acceptors (Lipinski definition) is 7. The number of para-hydroxylation sites is 1. The van der Waals surface area contributed by atoms with Gasteiger partial charge in [0.1, 0.15) is 12.2 Å². The Hall–Kier alpha value is -3.59. The molecule has 1 amide bonds. The second-order valence-electron chi connectivity index (χ2n) is 8.58. The van der Waals surface area contributed by atoms with E-state index in [4.69, 9.17) is 13.9 Å². The molecule has 0 spiro atoms. The largest absolute Gasteiger partial charge is 0.490 e. The van der Waals surface area contributed by atoms with Gasteiger partial charge in [0, 0.05) is 6.04 Å². The van der Waals surface area contributed by atoms with Crippen molar-refractivity contribution in [3.8, 4) is 11.5 Å². The topological polar surface area (TPSA) is 103 Å². The number of fused-ring (bicyclic) bond motifs is 2. The molecule has 0 bridgehead atoms. The molecule has 2 aromatic carbocycles. The second kappa shape index (κ2) is 8.88. The number of hydrogen-bond donors (Lipinski definition) is 0. The summed E-state index contributed by atoms with van der Waals surface area (Å²) in [6.45, 7) is 6.17. The number of benzene rings is 2. The Morgan fingerprint density at radius 2 is 1.94 bits per heavy atom. The molecule has 0 saturated carbocycles. The highest BCUT2D eigenvalue weighted by Gasteiger charge is 2.48. The van der Waals surface area contributed by atoms with E-state index >= 15 is 0 Å². The van der Waals surface area contributed by atoms with Crippen molar-refractivity contribution in [2.45, 2.75) is 25.4 Å². The number of rotatable bonds is 7. The number of sulfone groups is 1. The maximum atomic E-state index is 13.6. The Morgan fingerprint density at radius 3 is 2.66 bits per heavy atom. The van der Waals surface area contributed by atoms with E-state index < -0.39 is 27.8 Å². The van der Waals surface area contributed by atoms with Gasteiger partial charge in [-0.2, -0.15) is 0 Å². The van der Waals surface area contributed by atoms with Crippen LogP contribution in [0.2, 0.25) is 0 Å². The second-order valence-corrected chi connectivity index (χ2v) is 10.8. The van der Waals surface area contributed by atoms with Gasteiger partial charge in [0.15, 0.2) is 26.8 Å². The van der Waals surface area contributed by atoms with Crippen LogP contribution in [0.1, 0.15) is 41.1 Å². The quantitative estimate of drug-likeness (QED) is 0.462. The number of ether oxygens (including phenoxy) is 2. The third kappa shape index (κ3) is 3.99. The van der Waals surface area contributed by atoms with Gasteiger partial charge in [-0.1, -0.05) is 30.9 Å². The standard InChI is InChI=1S/C26H25NO7S/c1-3-12-33-20-10-9-16(14-21(20)32-4-2)23-22-24(28)18-7-5-6-8-19(18)34-25(22)26(29)27(23)17-11-13-35(30,31)15-17/h3,5-10,14,17,23H,1,4,11-13,15H2,2H3. The zero-order valence-electron chi connectivity index (χ0n) is 19.2. The summed E-state index contributed by atoms with van der Waals surface area (Å²) in [5.74, 6) is 0.257. The summed E-state index contributed by atoms with van der Waals surface area (Å²) >= 11 is 0. The third-order valence-corrected chi connectivity index (χ3v) is 8.11. The molecule has 1 saturated heterocycles. The van der Waals surface area contributed by atoms with Crippen LogP contribution in [-0.4, -0.2) is 50.0 Å². The van der Waals surface area contributed by atoms with E-state index in [1.807, 2.05) is 6.92 Å². The van der Waals surface area contributed by atoms with E-state index in [9.17, 15) is 18.0 Å². The highest BCUT2D eigenvalue weighted by atomic mass is 32.2. The molecule has 182 valence electrons. The van der Waals surface area contributed by atoms with Crippen molar-refractivity contribution < 1.29 is 27.1 Å². The molecule has 3 aromatic rings. The fourth-order valence-corrected chi connectivity index (χ4v) is 6.58. The molecule has 1 aromatic heterocycles. The molecule has 2 atom stereocenters. The van der Waals surface area contributed by atoms with Gasteiger partial charge < -0.3 is 18.8 Å². The van der Waals surface area contributed by atoms with Crippen LogP contribution in [0, 0.1) is 0 Å². The number of carbonyl (C=O) groups is 1. The lowest BCUT2D eigenvalue weighted by Gasteiger charge is -2.30. The molecule has 35 heavy (non-hydrogen) atoms. The van der Waals surface area contributed by atoms with Crippen molar-refractivity contribution in [3.63, 3.8) is 0 Å². The van der Waals surface area contributed by atoms with E-state index in [-0.39, 0.29) is 34.9 Å². The first-order valence-electron chi connectivity index (χ1n) is 11.4. The molecule has 2 aliphatic rings. The van der Waals surface area contributed by atoms with E-state index in [0.29, 0.717) is 41.1 Å². The number of nitrogens with zero attached hydrogens (tertiary/aromatic N) is 1. The van der Waals surface area contributed by atoms with Gasteiger partial charge in [-0.3, -0.25) is 9.59 Å². The Balaban J connectivity index is 1.71. The fraction of sp³-hybridized carbons (Fsp3) is 0.308. The SMILES string of the molecule is C=CCOc1ccc(C2c3c(oc4ccccc4c3=O)C(=O)N2C2CCS(=O)(=O)C2)cc1OCC. The predicted molar refractivity (Wildman–Crippen MR) is 131 cm³/mol. The van der Waals surface area contributed by atoms with Crippen molar-refractivity contribution in [2.24, 2.45) is 0 Å². The van der Waals surface area contributed by atoms with Gasteiger partial charge in [0.05, 0.1) is 35.1 Å². The zero-order valence-corrected chi connectivity index (χ0v) is 20.0. The minimum absolute atomic E-state index is 0.00755. The monoisotopic (exact) mass is 495 g/mol. The summed E-state index contributed by atoms with van der Waals surface area (Å²) in [5, 5.41) is 0.362. The van der Waals surface area contributed by atoms with Crippen molar-refractivity contribution in [1.29, 1.82) is 0 Å². The van der Waals surface area contributed by atoms with E-state index in [2.05, 4.69) is 6.58 Å². The first-order valence-corrected chi connectivity index (χ1v) is 13.3. The van der Waals surface area contributed by atoms with E-state index in [0.717, 1.165) is 0 Å². The van der Waals surface area contributed by atoms with Gasteiger partial charge in [0.2, 0.25) is 5.76 Å². The van der Waals surface area contributed by atoms with Gasteiger partial charge >= 0.3 is 0 Å². The zero-order chi connectivity index (χ0) is 24.7. The van der Waals surface area contributed by atoms with Crippen molar-refractivity contribution >= 4 is 26.7 Å². The lowest BCUT2D eigenvalue weighted by Crippen LogP contribution is -2.40. The highest BCUT2D eigenvalue weighted by Crippen LogP contribution is 2.43. The molecule has 2 aliphatic heterocycles. The maximum absolute atomic E-state index is 13.6. The van der Waals surface area contributed by atoms with Crippen molar-refractivity contribution in [3.05, 3.63) is 82.2 Å². The molecule has 0 N–H and O–H groups in total. The average Bonchev–Trinajstić information content (AvgIpc) is 3.35. The Kier molecular flexibility index (Phi) is 5.88. The third-order valence-electron chi connectivity index (χ3n) is 6.36. The van der Waals surface area contributed by atoms with Crippen LogP contribution in [0.4, 0.5) is 0 Å². The lowest BCUT2D eigenvalue weighted by molar-refractivity contribution is 0.0662. The highest BCUT2D eigenvalue weighted by molar-refractivity contribution is 7.91. The Bertz CT molecular complexity index is 1490. The molecule has 0 aliphatic carbocycles. The molecule has 3 heterocycles. The summed E-state index contributed by atoms with van der Waals surface area (Å²) in [5.41, 5.74) is 0.819. The van der Waals surface area contributed by atoms with Gasteiger partial charge in [-0.15, -0.1) is 0 Å². The average molecular weight is 496 g/mol. The predicted octanol–water partition coefficient (Wildman–Crippen LogP) is 3.49. The van der Waals surface area contributed by atoms with Crippen molar-refractivity contribution in [2.75, 3.05) is 24.7 Å². The van der Waals surface area contributed by atoms with Crippen LogP contribution in [0.25, 0.3) is 11.0 Å². The lowest BCUT2D eigenvalue weighted by atomic mass is 9.97. The summed E-state index contributed by atoms with van der Waals surface area (Å²) in [4.78, 5) is 28.8. The van der Waals surface area contributed by atoms with Gasteiger partial charge in [0.25, 0.3) is 5.91 Å². The first kappa shape index (κ1) is 23.2. The van der Waals surface area contributed by atoms with E-state index in [1.54, 1.807) is 48.5 Å². The number of carbonyl (C=O) groups excluding carboxylic acids is 1. The van der Waals surface area contributed by atoms with Crippen molar-refractivity contribution in [1.82, 2.24) is 4.90 Å². The van der Waals surface area contributed by atoms with Crippen LogP contribution < -0.4 is 14.9 Å². The van der Waals surface area contributed by atoms with Gasteiger partial charge in [-0.25, -0.2) is 8.42 Å². The minimum atomic E-state index is -3.29. The molecule has 9 heteroatoms. The van der Waals surface area contributed by atoms with Crippen LogP contribution >= 0.6 is 0 Å².